The number of nitrogens with one attached hydrogen (secondary N) is 2. The summed E-state index contributed by atoms with van der Waals surface area (Å²) in [6.45, 7) is 6.04. The van der Waals surface area contributed by atoms with E-state index in [2.05, 4.69) is 10.6 Å². The average Bonchev–Trinajstić information content (AvgIpc) is 2.85. The molecule has 0 unspecified atom stereocenters. The molecule has 5 heteroatoms. The van der Waals surface area contributed by atoms with Crippen molar-refractivity contribution in [3.05, 3.63) is 24.2 Å². The molecule has 0 aliphatic rings. The molecule has 2 amide bonds. The second-order valence-electron chi connectivity index (χ2n) is 4.64. The van der Waals surface area contributed by atoms with Crippen molar-refractivity contribution in [2.24, 2.45) is 5.41 Å². The van der Waals surface area contributed by atoms with Crippen molar-refractivity contribution in [3.8, 4) is 0 Å². The third-order valence-corrected chi connectivity index (χ3v) is 2.67. The first kappa shape index (κ1) is 14.3. The molecule has 1 heterocycles. The lowest BCUT2D eigenvalue weighted by Crippen LogP contribution is -2.47. The lowest BCUT2D eigenvalue weighted by Gasteiger charge is -2.22. The minimum atomic E-state index is -1.08. The molecule has 5 nitrogen and oxygen atoms in total. The number of hydrogen-bond donors (Lipinski definition) is 2. The predicted molar refractivity (Wildman–Crippen MR) is 67.6 cm³/mol. The highest BCUT2D eigenvalue weighted by atomic mass is 16.3. The van der Waals surface area contributed by atoms with Gasteiger partial charge in [-0.15, -0.1) is 0 Å². The van der Waals surface area contributed by atoms with Crippen molar-refractivity contribution in [1.29, 1.82) is 0 Å². The smallest absolute Gasteiger partial charge is 0.235 e. The molecule has 2 N–H and O–H groups in total. The summed E-state index contributed by atoms with van der Waals surface area (Å²) in [5.41, 5.74) is -1.08. The Labute approximate surface area is 107 Å². The first-order chi connectivity index (χ1) is 8.48. The van der Waals surface area contributed by atoms with E-state index in [1.807, 2.05) is 6.92 Å². The number of furan rings is 1. The van der Waals surface area contributed by atoms with Gasteiger partial charge in [0.05, 0.1) is 12.8 Å². The normalized spacial score (nSPS) is 11.1. The van der Waals surface area contributed by atoms with Gasteiger partial charge in [-0.1, -0.05) is 6.92 Å². The quantitative estimate of drug-likeness (QED) is 0.753. The lowest BCUT2D eigenvalue weighted by atomic mass is 9.91. The average molecular weight is 252 g/mol. The minimum absolute atomic E-state index is 0.263. The van der Waals surface area contributed by atoms with E-state index in [0.29, 0.717) is 12.3 Å². The van der Waals surface area contributed by atoms with Crippen molar-refractivity contribution >= 4 is 11.8 Å². The molecule has 0 atom stereocenters. The standard InChI is InChI=1S/C13H20N2O3/c1-4-7-14-11(16)13(2,3)12(17)15-9-10-6-5-8-18-10/h5-6,8H,4,7,9H2,1-3H3,(H,14,16)(H,15,17). The highest BCUT2D eigenvalue weighted by molar-refractivity contribution is 6.04. The molecule has 0 spiro atoms. The summed E-state index contributed by atoms with van der Waals surface area (Å²) in [5.74, 6) is 0.0851. The van der Waals surface area contributed by atoms with Gasteiger partial charge in [-0.25, -0.2) is 0 Å². The van der Waals surface area contributed by atoms with Crippen LogP contribution in [0.15, 0.2) is 22.8 Å². The van der Waals surface area contributed by atoms with Crippen molar-refractivity contribution in [3.63, 3.8) is 0 Å². The fraction of sp³-hybridized carbons (Fsp3) is 0.538. The van der Waals surface area contributed by atoms with E-state index in [0.717, 1.165) is 6.42 Å². The monoisotopic (exact) mass is 252 g/mol. The SMILES string of the molecule is CCCNC(=O)C(C)(C)C(=O)NCc1ccco1. The summed E-state index contributed by atoms with van der Waals surface area (Å²) in [6.07, 6.45) is 2.39. The van der Waals surface area contributed by atoms with Crippen molar-refractivity contribution in [2.45, 2.75) is 33.7 Å². The zero-order valence-corrected chi connectivity index (χ0v) is 11.1. The van der Waals surface area contributed by atoms with Crippen molar-refractivity contribution in [1.82, 2.24) is 10.6 Å². The van der Waals surface area contributed by atoms with Crippen LogP contribution in [0.4, 0.5) is 0 Å². The van der Waals surface area contributed by atoms with Gasteiger partial charge in [0, 0.05) is 6.54 Å². The van der Waals surface area contributed by atoms with Crippen LogP contribution in [0.1, 0.15) is 33.0 Å². The van der Waals surface area contributed by atoms with E-state index >= 15 is 0 Å². The van der Waals surface area contributed by atoms with Crippen LogP contribution in [-0.2, 0) is 16.1 Å². The summed E-state index contributed by atoms with van der Waals surface area (Å²) >= 11 is 0. The first-order valence-corrected chi connectivity index (χ1v) is 6.07. The minimum Gasteiger partial charge on any atom is -0.467 e. The summed E-state index contributed by atoms with van der Waals surface area (Å²) in [4.78, 5) is 23.8. The Morgan fingerprint density at radius 1 is 1.28 bits per heavy atom. The lowest BCUT2D eigenvalue weighted by molar-refractivity contribution is -0.141. The maximum absolute atomic E-state index is 12.0. The summed E-state index contributed by atoms with van der Waals surface area (Å²) in [7, 11) is 0. The van der Waals surface area contributed by atoms with Gasteiger partial charge < -0.3 is 15.1 Å². The van der Waals surface area contributed by atoms with Gasteiger partial charge in [-0.3, -0.25) is 9.59 Å². The van der Waals surface area contributed by atoms with E-state index in [9.17, 15) is 9.59 Å². The third kappa shape index (κ3) is 3.61. The van der Waals surface area contributed by atoms with Crippen LogP contribution < -0.4 is 10.6 Å². The zero-order valence-electron chi connectivity index (χ0n) is 11.1. The number of amides is 2. The first-order valence-electron chi connectivity index (χ1n) is 6.07. The zero-order chi connectivity index (χ0) is 13.6. The van der Waals surface area contributed by atoms with Gasteiger partial charge >= 0.3 is 0 Å². The highest BCUT2D eigenvalue weighted by Gasteiger charge is 2.35. The van der Waals surface area contributed by atoms with Crippen LogP contribution in [0.2, 0.25) is 0 Å². The van der Waals surface area contributed by atoms with Gasteiger partial charge in [-0.2, -0.15) is 0 Å². The van der Waals surface area contributed by atoms with E-state index < -0.39 is 5.41 Å². The topological polar surface area (TPSA) is 71.3 Å². The van der Waals surface area contributed by atoms with E-state index in [1.165, 1.54) is 0 Å². The van der Waals surface area contributed by atoms with E-state index in [4.69, 9.17) is 4.42 Å². The Balaban J connectivity index is 2.50. The highest BCUT2D eigenvalue weighted by Crippen LogP contribution is 2.15. The van der Waals surface area contributed by atoms with Crippen LogP contribution >= 0.6 is 0 Å². The Hall–Kier alpha value is -1.78. The third-order valence-electron chi connectivity index (χ3n) is 2.67. The van der Waals surface area contributed by atoms with Crippen LogP contribution in [0.3, 0.4) is 0 Å². The maximum atomic E-state index is 12.0. The second-order valence-corrected chi connectivity index (χ2v) is 4.64. The Kier molecular flexibility index (Phi) is 4.95. The number of hydrogen-bond acceptors (Lipinski definition) is 3. The second kappa shape index (κ2) is 6.23. The molecule has 1 aromatic rings. The molecule has 0 saturated carbocycles. The summed E-state index contributed by atoms with van der Waals surface area (Å²) in [5, 5.41) is 5.41. The largest absolute Gasteiger partial charge is 0.467 e. The molecule has 0 radical (unpaired) electrons. The van der Waals surface area contributed by atoms with Gasteiger partial charge in [-0.05, 0) is 32.4 Å². The molecule has 0 fully saturated rings. The molecule has 0 saturated heterocycles. The molecule has 0 bridgehead atoms. The van der Waals surface area contributed by atoms with Crippen molar-refractivity contribution in [2.75, 3.05) is 6.54 Å². The van der Waals surface area contributed by atoms with Crippen LogP contribution in [0.5, 0.6) is 0 Å². The molecule has 0 aromatic carbocycles. The van der Waals surface area contributed by atoms with Gasteiger partial charge in [0.2, 0.25) is 11.8 Å². The van der Waals surface area contributed by atoms with Gasteiger partial charge in [0.15, 0.2) is 0 Å². The molecule has 0 aliphatic carbocycles. The Morgan fingerprint density at radius 2 is 1.94 bits per heavy atom. The fourth-order valence-corrected chi connectivity index (χ4v) is 1.36. The van der Waals surface area contributed by atoms with Crippen LogP contribution in [0.25, 0.3) is 0 Å². The fourth-order valence-electron chi connectivity index (χ4n) is 1.36. The molecule has 1 rings (SSSR count). The van der Waals surface area contributed by atoms with Gasteiger partial charge in [0.25, 0.3) is 0 Å². The maximum Gasteiger partial charge on any atom is 0.235 e. The molecule has 100 valence electrons. The molecule has 1 aromatic heterocycles. The van der Waals surface area contributed by atoms with Crippen LogP contribution in [0, 0.1) is 5.41 Å². The molecular formula is C13H20N2O3. The molecule has 18 heavy (non-hydrogen) atoms. The Morgan fingerprint density at radius 3 is 2.50 bits per heavy atom. The predicted octanol–water partition coefficient (Wildman–Crippen LogP) is 1.45. The number of carbonyl (C=O) groups excluding carboxylic acids is 2. The molecular weight excluding hydrogens is 232 g/mol. The van der Waals surface area contributed by atoms with Gasteiger partial charge in [0.1, 0.15) is 11.2 Å². The van der Waals surface area contributed by atoms with E-state index in [-0.39, 0.29) is 18.4 Å². The summed E-state index contributed by atoms with van der Waals surface area (Å²) < 4.78 is 5.11. The molecule has 0 aliphatic heterocycles. The van der Waals surface area contributed by atoms with Crippen LogP contribution in [-0.4, -0.2) is 18.4 Å². The Bertz CT molecular complexity index is 396. The summed E-state index contributed by atoms with van der Waals surface area (Å²) in [6, 6.07) is 3.52. The van der Waals surface area contributed by atoms with Crippen molar-refractivity contribution < 1.29 is 14.0 Å². The number of carbonyl (C=O) groups is 2. The van der Waals surface area contributed by atoms with E-state index in [1.54, 1.807) is 32.2 Å². The number of rotatable bonds is 6.